The van der Waals surface area contributed by atoms with Crippen LogP contribution in [0.15, 0.2) is 24.3 Å². The van der Waals surface area contributed by atoms with Crippen molar-refractivity contribution in [3.05, 3.63) is 35.6 Å². The van der Waals surface area contributed by atoms with Crippen molar-refractivity contribution in [1.29, 1.82) is 0 Å². The van der Waals surface area contributed by atoms with Gasteiger partial charge in [-0.25, -0.2) is 4.39 Å². The maximum absolute atomic E-state index is 14.2. The van der Waals surface area contributed by atoms with E-state index in [-0.39, 0.29) is 24.9 Å². The Kier molecular flexibility index (Phi) is 5.29. The number of nitrogens with zero attached hydrogens (tertiary/aromatic N) is 1. The van der Waals surface area contributed by atoms with E-state index in [1.54, 1.807) is 30.0 Å². The minimum atomic E-state index is -1.20. The Bertz CT molecular complexity index is 690. The van der Waals surface area contributed by atoms with E-state index >= 15 is 0 Å². The molecule has 142 valence electrons. The van der Waals surface area contributed by atoms with Crippen molar-refractivity contribution in [2.24, 2.45) is 11.1 Å². The van der Waals surface area contributed by atoms with Crippen molar-refractivity contribution in [3.63, 3.8) is 0 Å². The number of morpholine rings is 1. The molecule has 26 heavy (non-hydrogen) atoms. The lowest BCUT2D eigenvalue weighted by Gasteiger charge is -2.44. The number of hydrogen-bond donors (Lipinski definition) is 1. The molecule has 1 atom stereocenters. The van der Waals surface area contributed by atoms with Crippen LogP contribution in [0.25, 0.3) is 0 Å². The van der Waals surface area contributed by atoms with Gasteiger partial charge in [-0.3, -0.25) is 9.59 Å². The quantitative estimate of drug-likeness (QED) is 0.872. The molecule has 2 N–H and O–H groups in total. The Morgan fingerprint density at radius 3 is 2.58 bits per heavy atom. The fraction of sp³-hybridized carbons (Fsp3) is 0.579. The number of ether oxygens (including phenoxy) is 2. The van der Waals surface area contributed by atoms with E-state index in [1.807, 2.05) is 0 Å². The zero-order valence-electron chi connectivity index (χ0n) is 15.0. The second kappa shape index (κ2) is 7.32. The van der Waals surface area contributed by atoms with E-state index in [1.165, 1.54) is 6.07 Å². The Morgan fingerprint density at radius 1 is 1.23 bits per heavy atom. The lowest BCUT2D eigenvalue weighted by atomic mass is 9.73. The van der Waals surface area contributed by atoms with E-state index in [4.69, 9.17) is 15.2 Å². The summed E-state index contributed by atoms with van der Waals surface area (Å²) in [6.07, 6.45) is 1.35. The van der Waals surface area contributed by atoms with Gasteiger partial charge in [0.2, 0.25) is 5.91 Å². The monoisotopic (exact) mass is 364 g/mol. The molecule has 0 radical (unpaired) electrons. The number of amides is 2. The molecule has 2 aliphatic heterocycles. The molecule has 2 amide bonds. The molecule has 0 saturated carbocycles. The molecule has 2 heterocycles. The van der Waals surface area contributed by atoms with Gasteiger partial charge in [-0.05, 0) is 37.8 Å². The normalized spacial score (nSPS) is 25.7. The number of nitrogens with two attached hydrogens (primary N) is 1. The van der Waals surface area contributed by atoms with Gasteiger partial charge in [0.15, 0.2) is 5.60 Å². The van der Waals surface area contributed by atoms with Crippen LogP contribution in [0.1, 0.15) is 25.3 Å². The van der Waals surface area contributed by atoms with Crippen LogP contribution in [0.4, 0.5) is 4.39 Å². The molecule has 0 aromatic heterocycles. The molecule has 6 nitrogen and oxygen atoms in total. The first kappa shape index (κ1) is 18.8. The van der Waals surface area contributed by atoms with Gasteiger partial charge in [-0.2, -0.15) is 0 Å². The molecule has 0 unspecified atom stereocenters. The number of carbonyl (C=O) groups excluding carboxylic acids is 2. The van der Waals surface area contributed by atoms with Crippen LogP contribution in [0.2, 0.25) is 0 Å². The molecule has 0 bridgehead atoms. The number of carbonyl (C=O) groups is 2. The second-order valence-electron chi connectivity index (χ2n) is 7.33. The van der Waals surface area contributed by atoms with Gasteiger partial charge in [0.1, 0.15) is 5.82 Å². The number of hydrogen-bond acceptors (Lipinski definition) is 4. The van der Waals surface area contributed by atoms with Gasteiger partial charge >= 0.3 is 0 Å². The largest absolute Gasteiger partial charge is 0.381 e. The predicted molar refractivity (Wildman–Crippen MR) is 92.7 cm³/mol. The van der Waals surface area contributed by atoms with Crippen molar-refractivity contribution in [3.8, 4) is 0 Å². The second-order valence-corrected chi connectivity index (χ2v) is 7.33. The number of benzene rings is 1. The Morgan fingerprint density at radius 2 is 1.92 bits per heavy atom. The Labute approximate surface area is 152 Å². The summed E-state index contributed by atoms with van der Waals surface area (Å²) in [5, 5.41) is 0. The lowest BCUT2D eigenvalue weighted by molar-refractivity contribution is -0.169. The number of halogens is 1. The van der Waals surface area contributed by atoms with E-state index in [0.717, 1.165) is 0 Å². The average molecular weight is 364 g/mol. The van der Waals surface area contributed by atoms with Crippen molar-refractivity contribution in [1.82, 2.24) is 4.90 Å². The van der Waals surface area contributed by atoms with Crippen LogP contribution in [0, 0.1) is 11.2 Å². The maximum Gasteiger partial charge on any atom is 0.251 e. The molecule has 2 fully saturated rings. The topological polar surface area (TPSA) is 81.9 Å². The molecular weight excluding hydrogens is 339 g/mol. The molecule has 1 aromatic carbocycles. The highest BCUT2D eigenvalue weighted by Crippen LogP contribution is 2.38. The zero-order valence-corrected chi connectivity index (χ0v) is 15.0. The summed E-state index contributed by atoms with van der Waals surface area (Å²) in [4.78, 5) is 26.8. The van der Waals surface area contributed by atoms with Crippen molar-refractivity contribution in [2.45, 2.75) is 31.8 Å². The zero-order chi connectivity index (χ0) is 18.8. The molecule has 2 saturated heterocycles. The molecule has 2 aliphatic rings. The molecule has 1 aromatic rings. The van der Waals surface area contributed by atoms with E-state index < -0.39 is 16.9 Å². The Hall–Kier alpha value is -1.99. The predicted octanol–water partition coefficient (Wildman–Crippen LogP) is 1.27. The summed E-state index contributed by atoms with van der Waals surface area (Å²) >= 11 is 0. The summed E-state index contributed by atoms with van der Waals surface area (Å²) in [7, 11) is 0. The third-order valence-corrected chi connectivity index (χ3v) is 5.47. The van der Waals surface area contributed by atoms with Gasteiger partial charge in [0.25, 0.3) is 5.91 Å². The number of rotatable bonds is 4. The van der Waals surface area contributed by atoms with Crippen LogP contribution < -0.4 is 5.73 Å². The summed E-state index contributed by atoms with van der Waals surface area (Å²) in [6, 6.07) is 6.53. The maximum atomic E-state index is 14.2. The highest BCUT2D eigenvalue weighted by molar-refractivity contribution is 5.87. The summed E-state index contributed by atoms with van der Waals surface area (Å²) < 4.78 is 25.2. The molecule has 7 heteroatoms. The van der Waals surface area contributed by atoms with E-state index in [2.05, 4.69) is 0 Å². The molecular formula is C19H25FN2O4. The van der Waals surface area contributed by atoms with Crippen molar-refractivity contribution < 1.29 is 23.5 Å². The Balaban J connectivity index is 1.86. The standard InChI is InChI=1S/C19H25FN2O4/c1-18(16(21)23)13-22(8-11-26-18)17(24)19(6-9-25-10-7-19)12-14-4-2-3-5-15(14)20/h2-5H,6-13H2,1H3,(H2,21,23)/t18-/m0/s1. The summed E-state index contributed by atoms with van der Waals surface area (Å²) in [6.45, 7) is 3.26. The summed E-state index contributed by atoms with van der Waals surface area (Å²) in [5.41, 5.74) is 4.03. The van der Waals surface area contributed by atoms with Crippen LogP contribution >= 0.6 is 0 Å². The van der Waals surface area contributed by atoms with Crippen LogP contribution in [-0.2, 0) is 25.5 Å². The third-order valence-electron chi connectivity index (χ3n) is 5.47. The third kappa shape index (κ3) is 3.59. The highest BCUT2D eigenvalue weighted by atomic mass is 19.1. The summed E-state index contributed by atoms with van der Waals surface area (Å²) in [5.74, 6) is -0.986. The minimum absolute atomic E-state index is 0.0835. The van der Waals surface area contributed by atoms with Gasteiger partial charge < -0.3 is 20.1 Å². The first-order chi connectivity index (χ1) is 12.4. The van der Waals surface area contributed by atoms with E-state index in [0.29, 0.717) is 44.6 Å². The van der Waals surface area contributed by atoms with Crippen LogP contribution in [0.3, 0.4) is 0 Å². The van der Waals surface area contributed by atoms with Crippen molar-refractivity contribution >= 4 is 11.8 Å². The molecule has 0 aliphatic carbocycles. The lowest BCUT2D eigenvalue weighted by Crippen LogP contribution is -2.61. The van der Waals surface area contributed by atoms with Crippen molar-refractivity contribution in [2.75, 3.05) is 32.9 Å². The fourth-order valence-electron chi connectivity index (χ4n) is 3.76. The number of primary amides is 1. The average Bonchev–Trinajstić information content (AvgIpc) is 2.64. The minimum Gasteiger partial charge on any atom is -0.381 e. The van der Waals surface area contributed by atoms with E-state index in [9.17, 15) is 14.0 Å². The molecule has 0 spiro atoms. The highest BCUT2D eigenvalue weighted by Gasteiger charge is 2.47. The smallest absolute Gasteiger partial charge is 0.251 e. The SMILES string of the molecule is C[C@@]1(C(N)=O)CN(C(=O)C2(Cc3ccccc3F)CCOCC2)CCO1. The van der Waals surface area contributed by atoms with Crippen LogP contribution in [-0.4, -0.2) is 55.2 Å². The molecule has 3 rings (SSSR count). The van der Waals surface area contributed by atoms with Gasteiger partial charge in [-0.15, -0.1) is 0 Å². The fourth-order valence-corrected chi connectivity index (χ4v) is 3.76. The van der Waals surface area contributed by atoms with Gasteiger partial charge in [0, 0.05) is 19.8 Å². The first-order valence-electron chi connectivity index (χ1n) is 8.91. The van der Waals surface area contributed by atoms with Gasteiger partial charge in [0.05, 0.1) is 18.6 Å². The van der Waals surface area contributed by atoms with Gasteiger partial charge in [-0.1, -0.05) is 18.2 Å². The first-order valence-corrected chi connectivity index (χ1v) is 8.91. The van der Waals surface area contributed by atoms with Crippen LogP contribution in [0.5, 0.6) is 0 Å².